The zero-order chi connectivity index (χ0) is 23.2. The van der Waals surface area contributed by atoms with Crippen LogP contribution in [-0.4, -0.2) is 39.2 Å². The van der Waals surface area contributed by atoms with E-state index in [-0.39, 0.29) is 5.91 Å². The van der Waals surface area contributed by atoms with E-state index < -0.39 is 0 Å². The van der Waals surface area contributed by atoms with Crippen molar-refractivity contribution < 1.29 is 14.3 Å². The van der Waals surface area contributed by atoms with Crippen LogP contribution in [0.5, 0.6) is 5.75 Å². The topological polar surface area (TPSA) is 84.0 Å². The second-order valence-corrected chi connectivity index (χ2v) is 7.58. The maximum Gasteiger partial charge on any atom is 0.224 e. The second kappa shape index (κ2) is 14.1. The normalized spacial score (nSPS) is 11.2. The summed E-state index contributed by atoms with van der Waals surface area (Å²) in [4.78, 5) is 16.0. The quantitative estimate of drug-likeness (QED) is 0.264. The molecular weight excluding hydrogens is 404 g/mol. The Morgan fingerprint density at radius 1 is 1.03 bits per heavy atom. The third-order valence-corrected chi connectivity index (χ3v) is 4.82. The van der Waals surface area contributed by atoms with Gasteiger partial charge >= 0.3 is 0 Å². The second-order valence-electron chi connectivity index (χ2n) is 7.58. The molecule has 0 aliphatic carbocycles. The summed E-state index contributed by atoms with van der Waals surface area (Å²) in [6.07, 6.45) is 2.22. The minimum atomic E-state index is 0.0427. The van der Waals surface area contributed by atoms with E-state index in [2.05, 4.69) is 46.1 Å². The number of ether oxygens (including phenoxy) is 2. The summed E-state index contributed by atoms with van der Waals surface area (Å²) in [5.41, 5.74) is 4.14. The molecule has 2 aromatic rings. The lowest BCUT2D eigenvalue weighted by molar-refractivity contribution is -0.116. The third-order valence-electron chi connectivity index (χ3n) is 4.82. The molecule has 0 aliphatic rings. The van der Waals surface area contributed by atoms with Crippen LogP contribution >= 0.6 is 0 Å². The first kappa shape index (κ1) is 25.2. The summed E-state index contributed by atoms with van der Waals surface area (Å²) in [6.45, 7) is 6.57. The molecule has 0 fully saturated rings. The number of aliphatic imine (C=N–C) groups is 1. The number of benzene rings is 2. The Hall–Kier alpha value is -3.06. The fourth-order valence-electron chi connectivity index (χ4n) is 3.07. The van der Waals surface area contributed by atoms with Gasteiger partial charge in [-0.1, -0.05) is 31.2 Å². The number of carbonyl (C=O) groups is 1. The number of hydrogen-bond donors (Lipinski definition) is 3. The predicted octanol–water partition coefficient (Wildman–Crippen LogP) is 4.01. The maximum absolute atomic E-state index is 11.7. The number of amides is 1. The number of nitrogens with one attached hydrogen (secondary N) is 3. The van der Waals surface area contributed by atoms with Crippen LogP contribution in [0.2, 0.25) is 0 Å². The zero-order valence-electron chi connectivity index (χ0n) is 19.7. The first-order chi connectivity index (χ1) is 15.5. The van der Waals surface area contributed by atoms with Gasteiger partial charge in [0.25, 0.3) is 0 Å². The van der Waals surface area contributed by atoms with Crippen molar-refractivity contribution >= 4 is 17.6 Å². The fourth-order valence-corrected chi connectivity index (χ4v) is 3.07. The highest BCUT2D eigenvalue weighted by atomic mass is 16.5. The number of nitrogens with zero attached hydrogens (tertiary/aromatic N) is 1. The molecule has 0 atom stereocenters. The van der Waals surface area contributed by atoms with E-state index in [0.717, 1.165) is 41.0 Å². The van der Waals surface area contributed by atoms with Gasteiger partial charge in [0.1, 0.15) is 5.75 Å². The highest BCUT2D eigenvalue weighted by Crippen LogP contribution is 2.20. The average Bonchev–Trinajstić information content (AvgIpc) is 2.79. The van der Waals surface area contributed by atoms with Gasteiger partial charge in [-0.2, -0.15) is 0 Å². The van der Waals surface area contributed by atoms with Gasteiger partial charge < -0.3 is 25.4 Å². The number of guanidine groups is 1. The summed E-state index contributed by atoms with van der Waals surface area (Å²) in [6, 6.07) is 14.0. The number of aryl methyl sites for hydroxylation is 1. The molecule has 2 rings (SSSR count). The van der Waals surface area contributed by atoms with E-state index in [1.165, 1.54) is 0 Å². The van der Waals surface area contributed by atoms with Crippen LogP contribution in [0.3, 0.4) is 0 Å². The van der Waals surface area contributed by atoms with Gasteiger partial charge in [0, 0.05) is 57.9 Å². The standard InChI is InChI=1S/C25H36N4O3/c1-5-7-24(30)29-22-12-9-20(10-13-22)17-27-25(26-3)28-18-21-11-8-19(2)16-23(21)32-15-6-14-31-4/h8-13,16H,5-7,14-15,17-18H2,1-4H3,(H,29,30)(H2,26,27,28). The van der Waals surface area contributed by atoms with Crippen molar-refractivity contribution in [3.63, 3.8) is 0 Å². The summed E-state index contributed by atoms with van der Waals surface area (Å²) in [7, 11) is 3.44. The molecule has 0 saturated heterocycles. The Morgan fingerprint density at radius 2 is 1.78 bits per heavy atom. The zero-order valence-corrected chi connectivity index (χ0v) is 19.7. The molecule has 0 bridgehead atoms. The smallest absolute Gasteiger partial charge is 0.224 e. The number of carbonyl (C=O) groups excluding carboxylic acids is 1. The van der Waals surface area contributed by atoms with E-state index in [1.54, 1.807) is 14.2 Å². The van der Waals surface area contributed by atoms with Crippen molar-refractivity contribution in [3.8, 4) is 5.75 Å². The molecule has 174 valence electrons. The van der Waals surface area contributed by atoms with Gasteiger partial charge in [0.2, 0.25) is 5.91 Å². The van der Waals surface area contributed by atoms with Crippen LogP contribution in [0.15, 0.2) is 47.5 Å². The highest BCUT2D eigenvalue weighted by Gasteiger charge is 2.07. The van der Waals surface area contributed by atoms with Gasteiger partial charge in [0.05, 0.1) is 6.61 Å². The van der Waals surface area contributed by atoms with Crippen LogP contribution in [-0.2, 0) is 22.6 Å². The van der Waals surface area contributed by atoms with Gasteiger partial charge in [-0.05, 0) is 42.7 Å². The molecule has 0 aromatic heterocycles. The van der Waals surface area contributed by atoms with Gasteiger partial charge in [-0.15, -0.1) is 0 Å². The van der Waals surface area contributed by atoms with Crippen LogP contribution in [0.1, 0.15) is 42.9 Å². The molecule has 0 heterocycles. The molecule has 3 N–H and O–H groups in total. The highest BCUT2D eigenvalue weighted by molar-refractivity contribution is 5.90. The molecule has 0 unspecified atom stereocenters. The lowest BCUT2D eigenvalue weighted by Crippen LogP contribution is -2.36. The minimum absolute atomic E-state index is 0.0427. The number of hydrogen-bond acceptors (Lipinski definition) is 4. The molecule has 0 saturated carbocycles. The lowest BCUT2D eigenvalue weighted by Gasteiger charge is -2.16. The van der Waals surface area contributed by atoms with E-state index in [4.69, 9.17) is 9.47 Å². The molecular formula is C25H36N4O3. The van der Waals surface area contributed by atoms with Crippen molar-refractivity contribution in [2.45, 2.75) is 46.2 Å². The molecule has 2 aromatic carbocycles. The van der Waals surface area contributed by atoms with Gasteiger partial charge in [0.15, 0.2) is 5.96 Å². The first-order valence-electron chi connectivity index (χ1n) is 11.1. The van der Waals surface area contributed by atoms with Crippen LogP contribution in [0.25, 0.3) is 0 Å². The summed E-state index contributed by atoms with van der Waals surface area (Å²) < 4.78 is 11.0. The number of methoxy groups -OCH3 is 1. The molecule has 0 radical (unpaired) electrons. The SMILES string of the molecule is CCCC(=O)Nc1ccc(CNC(=NC)NCc2ccc(C)cc2OCCCOC)cc1. The minimum Gasteiger partial charge on any atom is -0.493 e. The monoisotopic (exact) mass is 440 g/mol. The molecule has 1 amide bonds. The Morgan fingerprint density at radius 3 is 2.47 bits per heavy atom. The Balaban J connectivity index is 1.86. The van der Waals surface area contributed by atoms with Crippen molar-refractivity contribution in [1.82, 2.24) is 10.6 Å². The maximum atomic E-state index is 11.7. The summed E-state index contributed by atoms with van der Waals surface area (Å²) in [5, 5.41) is 9.57. The molecule has 32 heavy (non-hydrogen) atoms. The largest absolute Gasteiger partial charge is 0.493 e. The van der Waals surface area contributed by atoms with Crippen LogP contribution in [0.4, 0.5) is 5.69 Å². The molecule has 0 aliphatic heterocycles. The molecule has 7 heteroatoms. The summed E-state index contributed by atoms with van der Waals surface area (Å²) >= 11 is 0. The number of anilines is 1. The van der Waals surface area contributed by atoms with Crippen molar-refractivity contribution in [2.75, 3.05) is 32.7 Å². The molecule has 7 nitrogen and oxygen atoms in total. The van der Waals surface area contributed by atoms with E-state index in [0.29, 0.717) is 38.7 Å². The van der Waals surface area contributed by atoms with Crippen molar-refractivity contribution in [1.29, 1.82) is 0 Å². The van der Waals surface area contributed by atoms with E-state index >= 15 is 0 Å². The Bertz CT molecular complexity index is 866. The Labute approximate surface area is 191 Å². The molecule has 0 spiro atoms. The predicted molar refractivity (Wildman–Crippen MR) is 130 cm³/mol. The van der Waals surface area contributed by atoms with Gasteiger partial charge in [-0.25, -0.2) is 0 Å². The fraction of sp³-hybridized carbons (Fsp3) is 0.440. The number of rotatable bonds is 12. The van der Waals surface area contributed by atoms with Crippen LogP contribution in [0, 0.1) is 6.92 Å². The van der Waals surface area contributed by atoms with Crippen molar-refractivity contribution in [3.05, 3.63) is 59.2 Å². The first-order valence-corrected chi connectivity index (χ1v) is 11.1. The average molecular weight is 441 g/mol. The van der Waals surface area contributed by atoms with E-state index in [1.807, 2.05) is 31.2 Å². The Kier molecular flexibility index (Phi) is 11.1. The van der Waals surface area contributed by atoms with E-state index in [9.17, 15) is 4.79 Å². The third kappa shape index (κ3) is 8.98. The summed E-state index contributed by atoms with van der Waals surface area (Å²) in [5.74, 6) is 1.63. The van der Waals surface area contributed by atoms with Crippen molar-refractivity contribution in [2.24, 2.45) is 4.99 Å². The lowest BCUT2D eigenvalue weighted by atomic mass is 10.1. The van der Waals surface area contributed by atoms with Gasteiger partial charge in [-0.3, -0.25) is 9.79 Å². The van der Waals surface area contributed by atoms with Crippen LogP contribution < -0.4 is 20.7 Å².